The van der Waals surface area contributed by atoms with Crippen molar-refractivity contribution in [3.63, 3.8) is 0 Å². The molecule has 1 aromatic rings. The van der Waals surface area contributed by atoms with Crippen LogP contribution in [0.3, 0.4) is 0 Å². The van der Waals surface area contributed by atoms with E-state index >= 15 is 0 Å². The lowest BCUT2D eigenvalue weighted by molar-refractivity contribution is -0.385. The van der Waals surface area contributed by atoms with Gasteiger partial charge in [0.1, 0.15) is 12.4 Å². The molecule has 0 heterocycles. The van der Waals surface area contributed by atoms with Crippen LogP contribution in [0.15, 0.2) is 12.1 Å². The van der Waals surface area contributed by atoms with E-state index in [1.807, 2.05) is 0 Å². The maximum Gasteiger partial charge on any atom is 0.272 e. The molecule has 0 aliphatic rings. The minimum absolute atomic E-state index is 0.0977. The van der Waals surface area contributed by atoms with Gasteiger partial charge in [-0.3, -0.25) is 10.1 Å². The van der Waals surface area contributed by atoms with E-state index in [1.165, 1.54) is 6.07 Å². The van der Waals surface area contributed by atoms with Crippen molar-refractivity contribution < 1.29 is 9.66 Å². The summed E-state index contributed by atoms with van der Waals surface area (Å²) < 4.78 is 5.24. The van der Waals surface area contributed by atoms with Crippen LogP contribution in [0.5, 0.6) is 5.75 Å². The van der Waals surface area contributed by atoms with Crippen molar-refractivity contribution in [2.75, 3.05) is 6.61 Å². The second-order valence-corrected chi connectivity index (χ2v) is 3.15. The molecule has 0 aromatic heterocycles. The molecular formula is C11H11NO3. The van der Waals surface area contributed by atoms with Crippen molar-refractivity contribution in [3.8, 4) is 18.1 Å². The number of nitro groups is 1. The van der Waals surface area contributed by atoms with Crippen molar-refractivity contribution >= 4 is 5.69 Å². The van der Waals surface area contributed by atoms with Crippen molar-refractivity contribution in [3.05, 3.63) is 33.4 Å². The summed E-state index contributed by atoms with van der Waals surface area (Å²) in [4.78, 5) is 10.2. The Balaban J connectivity index is 3.09. The molecule has 0 spiro atoms. The quantitative estimate of drug-likeness (QED) is 0.432. The third kappa shape index (κ3) is 2.47. The zero-order chi connectivity index (χ0) is 11.4. The van der Waals surface area contributed by atoms with Gasteiger partial charge in [-0.15, -0.1) is 6.42 Å². The van der Waals surface area contributed by atoms with Gasteiger partial charge in [0.05, 0.1) is 4.92 Å². The Bertz CT molecular complexity index is 432. The topological polar surface area (TPSA) is 52.4 Å². The van der Waals surface area contributed by atoms with Gasteiger partial charge in [0, 0.05) is 11.6 Å². The predicted octanol–water partition coefficient (Wildman–Crippen LogP) is 2.22. The number of aryl methyl sites for hydroxylation is 2. The molecule has 0 unspecified atom stereocenters. The second-order valence-electron chi connectivity index (χ2n) is 3.15. The van der Waals surface area contributed by atoms with Crippen LogP contribution in [0, 0.1) is 36.3 Å². The lowest BCUT2D eigenvalue weighted by Crippen LogP contribution is -1.98. The molecule has 0 amide bonds. The number of hydrogen-bond donors (Lipinski definition) is 0. The van der Waals surface area contributed by atoms with Crippen molar-refractivity contribution in [2.45, 2.75) is 13.8 Å². The van der Waals surface area contributed by atoms with Gasteiger partial charge in [-0.25, -0.2) is 0 Å². The van der Waals surface area contributed by atoms with Gasteiger partial charge in [-0.1, -0.05) is 5.92 Å². The summed E-state index contributed by atoms with van der Waals surface area (Å²) in [5.41, 5.74) is 1.38. The van der Waals surface area contributed by atoms with Gasteiger partial charge in [-0.05, 0) is 25.5 Å². The first kappa shape index (κ1) is 11.1. The normalized spacial score (nSPS) is 9.40. The van der Waals surface area contributed by atoms with Crippen LogP contribution in [-0.2, 0) is 0 Å². The summed E-state index contributed by atoms with van der Waals surface area (Å²) in [7, 11) is 0. The van der Waals surface area contributed by atoms with E-state index in [4.69, 9.17) is 11.2 Å². The van der Waals surface area contributed by atoms with Crippen LogP contribution < -0.4 is 4.74 Å². The highest BCUT2D eigenvalue weighted by Gasteiger charge is 2.13. The third-order valence-electron chi connectivity index (χ3n) is 2.00. The molecule has 0 saturated heterocycles. The number of hydrogen-bond acceptors (Lipinski definition) is 3. The molecule has 1 aromatic carbocycles. The summed E-state index contributed by atoms with van der Waals surface area (Å²) in [5, 5.41) is 10.6. The summed E-state index contributed by atoms with van der Waals surface area (Å²) in [6, 6.07) is 3.12. The fourth-order valence-corrected chi connectivity index (χ4v) is 1.25. The Morgan fingerprint density at radius 1 is 1.47 bits per heavy atom. The van der Waals surface area contributed by atoms with Gasteiger partial charge in [0.2, 0.25) is 0 Å². The van der Waals surface area contributed by atoms with Crippen molar-refractivity contribution in [1.29, 1.82) is 0 Å². The molecule has 15 heavy (non-hydrogen) atoms. The van der Waals surface area contributed by atoms with E-state index in [-0.39, 0.29) is 12.3 Å². The number of nitro benzene ring substituents is 1. The minimum atomic E-state index is -0.409. The molecule has 0 fully saturated rings. The van der Waals surface area contributed by atoms with Crippen LogP contribution >= 0.6 is 0 Å². The second kappa shape index (κ2) is 4.47. The first-order valence-corrected chi connectivity index (χ1v) is 4.38. The fourth-order valence-electron chi connectivity index (χ4n) is 1.25. The molecule has 0 aliphatic heterocycles. The molecule has 0 saturated carbocycles. The number of rotatable bonds is 3. The summed E-state index contributed by atoms with van der Waals surface area (Å²) >= 11 is 0. The Labute approximate surface area is 88.0 Å². The van der Waals surface area contributed by atoms with Gasteiger partial charge in [-0.2, -0.15) is 0 Å². The standard InChI is InChI=1S/C11H11NO3/c1-4-5-15-11-7-8(2)10(12(13)14)6-9(11)3/h1,6-7H,5H2,2-3H3. The smallest absolute Gasteiger partial charge is 0.272 e. The molecule has 0 radical (unpaired) electrons. The van der Waals surface area contributed by atoms with Crippen LogP contribution in [0.1, 0.15) is 11.1 Å². The van der Waals surface area contributed by atoms with Crippen molar-refractivity contribution in [1.82, 2.24) is 0 Å². The molecule has 4 nitrogen and oxygen atoms in total. The molecule has 0 aliphatic carbocycles. The zero-order valence-electron chi connectivity index (χ0n) is 8.61. The highest BCUT2D eigenvalue weighted by Crippen LogP contribution is 2.27. The van der Waals surface area contributed by atoms with Gasteiger partial charge in [0.25, 0.3) is 5.69 Å². The fraction of sp³-hybridized carbons (Fsp3) is 0.273. The van der Waals surface area contributed by atoms with Crippen LogP contribution in [0.4, 0.5) is 5.69 Å². The average Bonchev–Trinajstić information content (AvgIpc) is 2.18. The predicted molar refractivity (Wildman–Crippen MR) is 56.9 cm³/mol. The maximum atomic E-state index is 10.6. The average molecular weight is 205 g/mol. The largest absolute Gasteiger partial charge is 0.481 e. The van der Waals surface area contributed by atoms with E-state index in [1.54, 1.807) is 19.9 Å². The summed E-state index contributed by atoms with van der Waals surface area (Å²) in [5.74, 6) is 2.94. The lowest BCUT2D eigenvalue weighted by Gasteiger charge is -2.07. The SMILES string of the molecule is C#CCOc1cc(C)c([N+](=O)[O-])cc1C. The lowest BCUT2D eigenvalue weighted by atomic mass is 10.1. The minimum Gasteiger partial charge on any atom is -0.481 e. The number of nitrogens with zero attached hydrogens (tertiary/aromatic N) is 1. The summed E-state index contributed by atoms with van der Waals surface area (Å²) in [6.45, 7) is 3.58. The van der Waals surface area contributed by atoms with Crippen molar-refractivity contribution in [2.24, 2.45) is 0 Å². The van der Waals surface area contributed by atoms with E-state index in [9.17, 15) is 10.1 Å². The van der Waals surface area contributed by atoms with Gasteiger partial charge < -0.3 is 4.74 Å². The number of ether oxygens (including phenoxy) is 1. The highest BCUT2D eigenvalue weighted by atomic mass is 16.6. The van der Waals surface area contributed by atoms with E-state index in [2.05, 4.69) is 5.92 Å². The molecule has 4 heteroatoms. The maximum absolute atomic E-state index is 10.6. The van der Waals surface area contributed by atoms with Crippen LogP contribution in [-0.4, -0.2) is 11.5 Å². The van der Waals surface area contributed by atoms with E-state index < -0.39 is 4.92 Å². The molecule has 0 atom stereocenters. The summed E-state index contributed by atoms with van der Waals surface area (Å²) in [6.07, 6.45) is 5.06. The third-order valence-corrected chi connectivity index (χ3v) is 2.00. The number of terminal acetylenes is 1. The van der Waals surface area contributed by atoms with E-state index in [0.717, 1.165) is 0 Å². The monoisotopic (exact) mass is 205 g/mol. The van der Waals surface area contributed by atoms with Crippen LogP contribution in [0.25, 0.3) is 0 Å². The first-order chi connectivity index (χ1) is 7.06. The molecular weight excluding hydrogens is 194 g/mol. The Morgan fingerprint density at radius 2 is 2.13 bits per heavy atom. The molecule has 78 valence electrons. The van der Waals surface area contributed by atoms with Crippen LogP contribution in [0.2, 0.25) is 0 Å². The molecule has 0 N–H and O–H groups in total. The highest BCUT2D eigenvalue weighted by molar-refractivity contribution is 5.49. The van der Waals surface area contributed by atoms with E-state index in [0.29, 0.717) is 16.9 Å². The Morgan fingerprint density at radius 3 is 2.67 bits per heavy atom. The Kier molecular flexibility index (Phi) is 3.29. The van der Waals surface area contributed by atoms with Gasteiger partial charge in [0.15, 0.2) is 0 Å². The Hall–Kier alpha value is -2.02. The molecule has 0 bridgehead atoms. The number of benzene rings is 1. The zero-order valence-corrected chi connectivity index (χ0v) is 8.61. The first-order valence-electron chi connectivity index (χ1n) is 4.38. The molecule has 1 rings (SSSR count). The van der Waals surface area contributed by atoms with Gasteiger partial charge >= 0.3 is 0 Å².